The van der Waals surface area contributed by atoms with Gasteiger partial charge in [-0.2, -0.15) is 0 Å². The third-order valence-electron chi connectivity index (χ3n) is 6.03. The minimum absolute atomic E-state index is 0.697. The Labute approximate surface area is 273 Å². The van der Waals surface area contributed by atoms with Gasteiger partial charge in [-0.15, -0.1) is 71.0 Å². The first-order valence-electron chi connectivity index (χ1n) is 16.8. The van der Waals surface area contributed by atoms with Crippen LogP contribution in [0.15, 0.2) is 0 Å². The molecule has 0 nitrogen and oxygen atoms in total. The highest BCUT2D eigenvalue weighted by Crippen LogP contribution is 2.20. The average molecular weight is 587 g/mol. The van der Waals surface area contributed by atoms with Gasteiger partial charge in [0.25, 0.3) is 0 Å². The summed E-state index contributed by atoms with van der Waals surface area (Å²) < 4.78 is 0. The maximum Gasteiger partial charge on any atom is 0.0117 e. The van der Waals surface area contributed by atoms with E-state index in [0.29, 0.717) is 5.92 Å². The zero-order valence-electron chi connectivity index (χ0n) is 31.4. The zero-order chi connectivity index (χ0) is 33.9. The van der Waals surface area contributed by atoms with E-state index in [1.165, 1.54) is 6.42 Å². The Morgan fingerprint density at radius 3 is 1.02 bits per heavy atom. The van der Waals surface area contributed by atoms with Crippen LogP contribution in [0.5, 0.6) is 0 Å². The highest BCUT2D eigenvalue weighted by atomic mass is 14.2. The second-order valence-corrected chi connectivity index (χ2v) is 13.0. The molecule has 0 bridgehead atoms. The van der Waals surface area contributed by atoms with Crippen molar-refractivity contribution in [2.24, 2.45) is 41.4 Å². The van der Waals surface area contributed by atoms with Crippen LogP contribution in [-0.2, 0) is 0 Å². The molecule has 1 aliphatic carbocycles. The van der Waals surface area contributed by atoms with E-state index in [2.05, 4.69) is 147 Å². The van der Waals surface area contributed by atoms with E-state index in [1.54, 1.807) is 0 Å². The van der Waals surface area contributed by atoms with Crippen molar-refractivity contribution in [2.75, 3.05) is 0 Å². The van der Waals surface area contributed by atoms with Crippen molar-refractivity contribution in [3.63, 3.8) is 0 Å². The molecule has 242 valence electrons. The van der Waals surface area contributed by atoms with Gasteiger partial charge in [-0.3, -0.25) is 0 Å². The van der Waals surface area contributed by atoms with Crippen molar-refractivity contribution in [3.05, 3.63) is 0 Å². The second-order valence-electron chi connectivity index (χ2n) is 13.0. The van der Waals surface area contributed by atoms with Crippen LogP contribution in [0.25, 0.3) is 0 Å². The van der Waals surface area contributed by atoms with E-state index in [9.17, 15) is 0 Å². The topological polar surface area (TPSA) is 0 Å². The highest BCUT2D eigenvalue weighted by molar-refractivity contribution is 5.05. The third kappa shape index (κ3) is 52.5. The maximum absolute atomic E-state index is 3.17. The van der Waals surface area contributed by atoms with Crippen LogP contribution >= 0.6 is 0 Å². The summed E-state index contributed by atoms with van der Waals surface area (Å²) in [5.74, 6) is 41.4. The predicted molar refractivity (Wildman–Crippen MR) is 198 cm³/mol. The smallest absolute Gasteiger partial charge is 0.0117 e. The van der Waals surface area contributed by atoms with Gasteiger partial charge >= 0.3 is 0 Å². The van der Waals surface area contributed by atoms with Gasteiger partial charge in [0.2, 0.25) is 0 Å². The molecule has 0 saturated carbocycles. The molecule has 0 aromatic rings. The molecule has 0 aromatic heterocycles. The Balaban J connectivity index is -0.000000224. The molecule has 0 radical (unpaired) electrons. The van der Waals surface area contributed by atoms with E-state index >= 15 is 0 Å². The summed E-state index contributed by atoms with van der Waals surface area (Å²) in [6.07, 6.45) is 9.61. The molecule has 43 heavy (non-hydrogen) atoms. The van der Waals surface area contributed by atoms with Crippen molar-refractivity contribution in [1.29, 1.82) is 0 Å². The van der Waals surface area contributed by atoms with Gasteiger partial charge in [0.15, 0.2) is 0 Å². The number of rotatable bonds is 7. The van der Waals surface area contributed by atoms with Gasteiger partial charge < -0.3 is 0 Å². The first-order valence-corrected chi connectivity index (χ1v) is 16.8. The largest absolute Gasteiger partial charge is 0.107 e. The molecule has 1 aliphatic rings. The van der Waals surface area contributed by atoms with Gasteiger partial charge in [0, 0.05) is 51.4 Å². The van der Waals surface area contributed by atoms with Gasteiger partial charge in [-0.25, -0.2) is 0 Å². The van der Waals surface area contributed by atoms with Crippen molar-refractivity contribution in [2.45, 2.75) is 162 Å². The van der Waals surface area contributed by atoms with Crippen molar-refractivity contribution in [3.8, 4) is 71.0 Å². The summed E-state index contributed by atoms with van der Waals surface area (Å²) in [5, 5.41) is 0. The van der Waals surface area contributed by atoms with E-state index in [0.717, 1.165) is 86.9 Å². The SMILES string of the molecule is CC#CCC(C)C.CC#CCC(C)C.CC#CCCC(C)CC#CC.CC(C)CC#CCC(C)C.CC1CC#CCC1C. The van der Waals surface area contributed by atoms with E-state index in [4.69, 9.17) is 0 Å². The molecule has 3 atom stereocenters. The van der Waals surface area contributed by atoms with Crippen LogP contribution in [-0.4, -0.2) is 0 Å². The fourth-order valence-corrected chi connectivity index (χ4v) is 2.86. The number of hydrogen-bond acceptors (Lipinski definition) is 0. The first-order chi connectivity index (χ1) is 20.3. The lowest BCUT2D eigenvalue weighted by Gasteiger charge is -2.17. The Hall–Kier alpha value is -2.64. The van der Waals surface area contributed by atoms with E-state index < -0.39 is 0 Å². The van der Waals surface area contributed by atoms with Gasteiger partial charge in [-0.1, -0.05) is 76.2 Å². The summed E-state index contributed by atoms with van der Waals surface area (Å²) in [7, 11) is 0. The summed E-state index contributed by atoms with van der Waals surface area (Å²) in [4.78, 5) is 0. The summed E-state index contributed by atoms with van der Waals surface area (Å²) >= 11 is 0. The van der Waals surface area contributed by atoms with Gasteiger partial charge in [-0.05, 0) is 75.5 Å². The quantitative estimate of drug-likeness (QED) is 0.260. The lowest BCUT2D eigenvalue weighted by atomic mass is 9.88. The van der Waals surface area contributed by atoms with Crippen molar-refractivity contribution >= 4 is 0 Å². The minimum atomic E-state index is 0.697. The Morgan fingerprint density at radius 1 is 0.465 bits per heavy atom. The lowest BCUT2D eigenvalue weighted by Crippen LogP contribution is -2.08. The molecule has 0 aliphatic heterocycles. The monoisotopic (exact) mass is 587 g/mol. The zero-order valence-corrected chi connectivity index (χ0v) is 31.4. The van der Waals surface area contributed by atoms with Crippen LogP contribution < -0.4 is 0 Å². The molecule has 0 spiro atoms. The molecular formula is C43H70. The van der Waals surface area contributed by atoms with Crippen LogP contribution in [0.4, 0.5) is 0 Å². The Kier molecular flexibility index (Phi) is 41.1. The van der Waals surface area contributed by atoms with Crippen molar-refractivity contribution in [1.82, 2.24) is 0 Å². The normalized spacial score (nSPS) is 14.2. The van der Waals surface area contributed by atoms with Gasteiger partial charge in [0.05, 0.1) is 0 Å². The number of hydrogen-bond donors (Lipinski definition) is 0. The summed E-state index contributed by atoms with van der Waals surface area (Å²) in [5.41, 5.74) is 0. The molecule has 1 rings (SSSR count). The maximum atomic E-state index is 3.17. The fourth-order valence-electron chi connectivity index (χ4n) is 2.86. The van der Waals surface area contributed by atoms with Crippen LogP contribution in [0, 0.1) is 112 Å². The molecule has 0 heteroatoms. The lowest BCUT2D eigenvalue weighted by molar-refractivity contribution is 0.394. The molecule has 0 saturated heterocycles. The predicted octanol–water partition coefficient (Wildman–Crippen LogP) is 12.1. The molecule has 0 heterocycles. The summed E-state index contributed by atoms with van der Waals surface area (Å²) in [6, 6.07) is 0. The molecule has 0 amide bonds. The second kappa shape index (κ2) is 37.4. The average Bonchev–Trinajstić information content (AvgIpc) is 2.95. The first kappa shape index (κ1) is 47.3. The molecule has 0 aromatic carbocycles. The van der Waals surface area contributed by atoms with Crippen LogP contribution in [0.2, 0.25) is 0 Å². The Bertz CT molecular complexity index is 926. The standard InChI is InChI=1S/C11H16.C10H18.C8H12.2C7H12/c1-4-6-8-10-11(3)9-7-5-2;1-9(2)7-5-6-8-10(3)4;1-7-5-3-4-6-8(7)2;2*1-4-5-6-7(2)3/h11H,8-10H2,1-3H3;9-10H,7-8H2,1-4H3;7-8H,5-6H2,1-2H3;2*7H,6H2,1-3H3. The van der Waals surface area contributed by atoms with E-state index in [-0.39, 0.29) is 0 Å². The molecule has 0 fully saturated rings. The molecule has 0 N–H and O–H groups in total. The van der Waals surface area contributed by atoms with Crippen LogP contribution in [0.1, 0.15) is 162 Å². The van der Waals surface area contributed by atoms with Crippen LogP contribution in [0.3, 0.4) is 0 Å². The third-order valence-corrected chi connectivity index (χ3v) is 6.03. The fraction of sp³-hybridized carbons (Fsp3) is 0.721. The van der Waals surface area contributed by atoms with E-state index in [1.807, 2.05) is 27.7 Å². The Morgan fingerprint density at radius 2 is 0.767 bits per heavy atom. The van der Waals surface area contributed by atoms with Crippen molar-refractivity contribution < 1.29 is 0 Å². The molecule has 3 unspecified atom stereocenters. The molecular weight excluding hydrogens is 516 g/mol. The van der Waals surface area contributed by atoms with Gasteiger partial charge in [0.1, 0.15) is 0 Å². The minimum Gasteiger partial charge on any atom is -0.107 e. The summed E-state index contributed by atoms with van der Waals surface area (Å²) in [6.45, 7) is 31.8. The highest BCUT2D eigenvalue weighted by Gasteiger charge is 2.11.